The zero-order valence-electron chi connectivity index (χ0n) is 11.1. The fourth-order valence-corrected chi connectivity index (χ4v) is 2.49. The van der Waals surface area contributed by atoms with Crippen LogP contribution in [0.4, 0.5) is 4.39 Å². The molecule has 2 aromatic rings. The van der Waals surface area contributed by atoms with E-state index in [1.807, 2.05) is 12.1 Å². The fraction of sp³-hybridized carbons (Fsp3) is 0.333. The normalized spacial score (nSPS) is 12.6. The molecule has 1 unspecified atom stereocenters. The lowest BCUT2D eigenvalue weighted by Crippen LogP contribution is -2.24. The van der Waals surface area contributed by atoms with Gasteiger partial charge in [-0.25, -0.2) is 4.39 Å². The SMILES string of the molecule is CCCNC(Cc1ccc(Cl)cc1F)c1ccc(Br)o1. The van der Waals surface area contributed by atoms with Crippen molar-refractivity contribution in [1.82, 2.24) is 5.32 Å². The van der Waals surface area contributed by atoms with Crippen LogP contribution >= 0.6 is 27.5 Å². The molecule has 108 valence electrons. The van der Waals surface area contributed by atoms with Crippen molar-refractivity contribution in [3.05, 3.63) is 57.2 Å². The summed E-state index contributed by atoms with van der Waals surface area (Å²) < 4.78 is 20.2. The zero-order valence-corrected chi connectivity index (χ0v) is 13.5. The molecule has 0 amide bonds. The summed E-state index contributed by atoms with van der Waals surface area (Å²) >= 11 is 9.07. The first-order chi connectivity index (χ1) is 9.60. The van der Waals surface area contributed by atoms with Gasteiger partial charge < -0.3 is 9.73 Å². The van der Waals surface area contributed by atoms with Crippen molar-refractivity contribution in [2.75, 3.05) is 6.54 Å². The lowest BCUT2D eigenvalue weighted by atomic mass is 10.0. The molecule has 1 aromatic heterocycles. The maximum Gasteiger partial charge on any atom is 0.169 e. The third-order valence-corrected chi connectivity index (χ3v) is 3.68. The molecule has 2 rings (SSSR count). The molecule has 1 atom stereocenters. The lowest BCUT2D eigenvalue weighted by Gasteiger charge is -2.17. The van der Waals surface area contributed by atoms with Crippen molar-refractivity contribution >= 4 is 27.5 Å². The number of rotatable bonds is 6. The Morgan fingerprint density at radius 1 is 1.35 bits per heavy atom. The highest BCUT2D eigenvalue weighted by atomic mass is 79.9. The van der Waals surface area contributed by atoms with E-state index in [0.717, 1.165) is 18.7 Å². The summed E-state index contributed by atoms with van der Waals surface area (Å²) in [6.45, 7) is 2.93. The molecule has 0 aliphatic rings. The van der Waals surface area contributed by atoms with Crippen LogP contribution in [0.3, 0.4) is 0 Å². The van der Waals surface area contributed by atoms with Gasteiger partial charge in [0.25, 0.3) is 0 Å². The topological polar surface area (TPSA) is 25.2 Å². The smallest absolute Gasteiger partial charge is 0.169 e. The van der Waals surface area contributed by atoms with Crippen LogP contribution in [0.15, 0.2) is 39.4 Å². The third-order valence-electron chi connectivity index (χ3n) is 3.02. The van der Waals surface area contributed by atoms with E-state index in [2.05, 4.69) is 28.2 Å². The number of benzene rings is 1. The fourth-order valence-electron chi connectivity index (χ4n) is 2.01. The van der Waals surface area contributed by atoms with Crippen LogP contribution in [0.1, 0.15) is 30.7 Å². The first-order valence-electron chi connectivity index (χ1n) is 6.52. The van der Waals surface area contributed by atoms with Gasteiger partial charge >= 0.3 is 0 Å². The second kappa shape index (κ2) is 7.25. The summed E-state index contributed by atoms with van der Waals surface area (Å²) in [4.78, 5) is 0. The van der Waals surface area contributed by atoms with Crippen LogP contribution in [-0.4, -0.2) is 6.54 Å². The van der Waals surface area contributed by atoms with Crippen molar-refractivity contribution in [1.29, 1.82) is 0 Å². The first kappa shape index (κ1) is 15.5. The number of nitrogens with one attached hydrogen (secondary N) is 1. The van der Waals surface area contributed by atoms with E-state index in [1.54, 1.807) is 12.1 Å². The van der Waals surface area contributed by atoms with Gasteiger partial charge in [0.1, 0.15) is 11.6 Å². The molecule has 1 aromatic carbocycles. The highest BCUT2D eigenvalue weighted by Crippen LogP contribution is 2.25. The van der Waals surface area contributed by atoms with Crippen molar-refractivity contribution in [3.8, 4) is 0 Å². The highest BCUT2D eigenvalue weighted by Gasteiger charge is 2.17. The predicted molar refractivity (Wildman–Crippen MR) is 82.6 cm³/mol. The van der Waals surface area contributed by atoms with E-state index < -0.39 is 0 Å². The molecule has 20 heavy (non-hydrogen) atoms. The minimum atomic E-state index is -0.286. The summed E-state index contributed by atoms with van der Waals surface area (Å²) in [5, 5.41) is 3.78. The monoisotopic (exact) mass is 359 g/mol. The maximum absolute atomic E-state index is 13.9. The van der Waals surface area contributed by atoms with E-state index in [9.17, 15) is 4.39 Å². The van der Waals surface area contributed by atoms with Gasteiger partial charge in [0.2, 0.25) is 0 Å². The van der Waals surface area contributed by atoms with Crippen LogP contribution in [0, 0.1) is 5.82 Å². The van der Waals surface area contributed by atoms with Gasteiger partial charge in [-0.05, 0) is 65.1 Å². The molecule has 0 aliphatic carbocycles. The van der Waals surface area contributed by atoms with E-state index in [0.29, 0.717) is 21.7 Å². The van der Waals surface area contributed by atoms with Gasteiger partial charge in [-0.15, -0.1) is 0 Å². The Kier molecular flexibility index (Phi) is 5.64. The molecule has 0 saturated carbocycles. The molecule has 1 N–H and O–H groups in total. The molecule has 0 radical (unpaired) electrons. The van der Waals surface area contributed by atoms with E-state index >= 15 is 0 Å². The van der Waals surface area contributed by atoms with Gasteiger partial charge in [-0.1, -0.05) is 24.6 Å². The maximum atomic E-state index is 13.9. The van der Waals surface area contributed by atoms with Gasteiger partial charge in [-0.3, -0.25) is 0 Å². The van der Waals surface area contributed by atoms with E-state index in [4.69, 9.17) is 16.0 Å². The molecular formula is C15H16BrClFNO. The molecule has 0 fully saturated rings. The predicted octanol–water partition coefficient (Wildman–Crippen LogP) is 5.12. The average molecular weight is 361 g/mol. The molecule has 1 heterocycles. The summed E-state index contributed by atoms with van der Waals surface area (Å²) in [5.74, 6) is 0.506. The van der Waals surface area contributed by atoms with Gasteiger partial charge in [0, 0.05) is 5.02 Å². The van der Waals surface area contributed by atoms with Gasteiger partial charge in [0.05, 0.1) is 6.04 Å². The Hall–Kier alpha value is -0.840. The van der Waals surface area contributed by atoms with Crippen molar-refractivity contribution in [2.45, 2.75) is 25.8 Å². The summed E-state index contributed by atoms with van der Waals surface area (Å²) in [7, 11) is 0. The lowest BCUT2D eigenvalue weighted by molar-refractivity contribution is 0.397. The average Bonchev–Trinajstić information content (AvgIpc) is 2.83. The Labute approximate surface area is 131 Å². The number of halogens is 3. The molecule has 0 bridgehead atoms. The molecular weight excluding hydrogens is 345 g/mol. The quantitative estimate of drug-likeness (QED) is 0.773. The van der Waals surface area contributed by atoms with Crippen molar-refractivity contribution in [3.63, 3.8) is 0 Å². The van der Waals surface area contributed by atoms with Crippen molar-refractivity contribution in [2.24, 2.45) is 0 Å². The van der Waals surface area contributed by atoms with Crippen LogP contribution in [0.2, 0.25) is 5.02 Å². The molecule has 5 heteroatoms. The minimum Gasteiger partial charge on any atom is -0.453 e. The van der Waals surface area contributed by atoms with Crippen LogP contribution in [0.25, 0.3) is 0 Å². The Bertz CT molecular complexity index is 573. The summed E-state index contributed by atoms with van der Waals surface area (Å²) in [5.41, 5.74) is 0.621. The standard InChI is InChI=1S/C15H16BrClFNO/c1-2-7-19-13(14-5-6-15(16)20-14)8-10-3-4-11(17)9-12(10)18/h3-6,9,13,19H,2,7-8H2,1H3. The zero-order chi connectivity index (χ0) is 14.5. The number of hydrogen-bond donors (Lipinski definition) is 1. The molecule has 2 nitrogen and oxygen atoms in total. The number of furan rings is 1. The number of hydrogen-bond acceptors (Lipinski definition) is 2. The second-order valence-electron chi connectivity index (χ2n) is 4.59. The Balaban J connectivity index is 2.18. The summed E-state index contributed by atoms with van der Waals surface area (Å²) in [6.07, 6.45) is 1.52. The molecule has 0 spiro atoms. The minimum absolute atomic E-state index is 0.0584. The van der Waals surface area contributed by atoms with Crippen LogP contribution < -0.4 is 5.32 Å². The van der Waals surface area contributed by atoms with Gasteiger partial charge in [-0.2, -0.15) is 0 Å². The van der Waals surface area contributed by atoms with E-state index in [1.165, 1.54) is 6.07 Å². The van der Waals surface area contributed by atoms with Crippen LogP contribution in [0.5, 0.6) is 0 Å². The second-order valence-corrected chi connectivity index (χ2v) is 5.81. The van der Waals surface area contributed by atoms with Crippen molar-refractivity contribution < 1.29 is 8.81 Å². The first-order valence-corrected chi connectivity index (χ1v) is 7.69. The van der Waals surface area contributed by atoms with Crippen LogP contribution in [-0.2, 0) is 6.42 Å². The third kappa shape index (κ3) is 4.08. The highest BCUT2D eigenvalue weighted by molar-refractivity contribution is 9.10. The Morgan fingerprint density at radius 2 is 2.15 bits per heavy atom. The Morgan fingerprint density at radius 3 is 2.75 bits per heavy atom. The molecule has 0 aliphatic heterocycles. The summed E-state index contributed by atoms with van der Waals surface area (Å²) in [6, 6.07) is 8.44. The van der Waals surface area contributed by atoms with E-state index in [-0.39, 0.29) is 11.9 Å². The molecule has 0 saturated heterocycles. The van der Waals surface area contributed by atoms with Gasteiger partial charge in [0.15, 0.2) is 4.67 Å². The largest absolute Gasteiger partial charge is 0.453 e.